The van der Waals surface area contributed by atoms with Crippen molar-refractivity contribution in [1.82, 2.24) is 4.31 Å². The van der Waals surface area contributed by atoms with E-state index < -0.39 is 33.9 Å². The van der Waals surface area contributed by atoms with Crippen LogP contribution >= 0.6 is 0 Å². The van der Waals surface area contributed by atoms with Gasteiger partial charge in [0.05, 0.1) is 24.3 Å². The Balaban J connectivity index is 2.22. The van der Waals surface area contributed by atoms with Gasteiger partial charge in [-0.05, 0) is 37.5 Å². The van der Waals surface area contributed by atoms with Crippen molar-refractivity contribution < 1.29 is 27.9 Å². The Labute approximate surface area is 141 Å². The fourth-order valence-electron chi connectivity index (χ4n) is 3.03. The van der Waals surface area contributed by atoms with Gasteiger partial charge in [-0.15, -0.1) is 0 Å². The highest BCUT2D eigenvalue weighted by molar-refractivity contribution is 7.88. The minimum atomic E-state index is -3.68. The SMILES string of the molecule is COC(=O)c1cccc(CS(=O)(=O)N2CCC[C@H](C(=O)O)[C@@H]2C)c1. The summed E-state index contributed by atoms with van der Waals surface area (Å²) < 4.78 is 31.3. The van der Waals surface area contributed by atoms with Crippen LogP contribution in [0.15, 0.2) is 24.3 Å². The molecule has 2 rings (SSSR count). The number of hydrogen-bond acceptors (Lipinski definition) is 5. The van der Waals surface area contributed by atoms with Crippen molar-refractivity contribution in [3.63, 3.8) is 0 Å². The van der Waals surface area contributed by atoms with Crippen molar-refractivity contribution in [3.8, 4) is 0 Å². The van der Waals surface area contributed by atoms with Crippen LogP contribution in [0.25, 0.3) is 0 Å². The van der Waals surface area contributed by atoms with E-state index in [9.17, 15) is 23.1 Å². The number of carbonyl (C=O) groups excluding carboxylic acids is 1. The molecule has 0 aliphatic carbocycles. The van der Waals surface area contributed by atoms with Crippen LogP contribution in [-0.4, -0.2) is 49.5 Å². The predicted molar refractivity (Wildman–Crippen MR) is 86.9 cm³/mol. The van der Waals surface area contributed by atoms with E-state index in [1.807, 2.05) is 0 Å². The standard InChI is InChI=1S/C16H21NO6S/c1-11-14(15(18)19)7-4-8-17(11)24(21,22)10-12-5-3-6-13(9-12)16(20)23-2/h3,5-6,9,11,14H,4,7-8,10H2,1-2H3,(H,18,19)/t11-,14-/m0/s1. The summed E-state index contributed by atoms with van der Waals surface area (Å²) >= 11 is 0. The molecule has 0 bridgehead atoms. The topological polar surface area (TPSA) is 101 Å². The van der Waals surface area contributed by atoms with Gasteiger partial charge in [-0.25, -0.2) is 13.2 Å². The molecule has 1 heterocycles. The van der Waals surface area contributed by atoms with E-state index in [1.165, 1.54) is 17.5 Å². The van der Waals surface area contributed by atoms with Crippen LogP contribution in [0, 0.1) is 5.92 Å². The lowest BCUT2D eigenvalue weighted by Gasteiger charge is -2.36. The number of sulfonamides is 1. The zero-order valence-electron chi connectivity index (χ0n) is 13.6. The number of piperidine rings is 1. The molecule has 1 aromatic carbocycles. The molecule has 24 heavy (non-hydrogen) atoms. The van der Waals surface area contributed by atoms with Gasteiger partial charge in [0, 0.05) is 12.6 Å². The van der Waals surface area contributed by atoms with Crippen molar-refractivity contribution >= 4 is 22.0 Å². The number of nitrogens with zero attached hydrogens (tertiary/aromatic N) is 1. The van der Waals surface area contributed by atoms with Crippen LogP contribution in [-0.2, 0) is 25.3 Å². The maximum absolute atomic E-state index is 12.7. The summed E-state index contributed by atoms with van der Waals surface area (Å²) in [7, 11) is -2.43. The first kappa shape index (κ1) is 18.4. The molecule has 2 atom stereocenters. The molecule has 1 N–H and O–H groups in total. The van der Waals surface area contributed by atoms with Crippen molar-refractivity contribution in [2.45, 2.75) is 31.6 Å². The lowest BCUT2D eigenvalue weighted by Crippen LogP contribution is -2.49. The average molecular weight is 355 g/mol. The highest BCUT2D eigenvalue weighted by Crippen LogP contribution is 2.27. The van der Waals surface area contributed by atoms with Crippen molar-refractivity contribution in [2.24, 2.45) is 5.92 Å². The number of carboxylic acid groups (broad SMARTS) is 1. The summed E-state index contributed by atoms with van der Waals surface area (Å²) in [5.74, 6) is -2.49. The lowest BCUT2D eigenvalue weighted by molar-refractivity contribution is -0.144. The number of ether oxygens (including phenoxy) is 1. The first-order valence-electron chi connectivity index (χ1n) is 7.66. The molecule has 0 saturated carbocycles. The smallest absolute Gasteiger partial charge is 0.337 e. The minimum absolute atomic E-state index is 0.278. The maximum atomic E-state index is 12.7. The zero-order chi connectivity index (χ0) is 17.9. The number of rotatable bonds is 5. The number of aliphatic carboxylic acids is 1. The second kappa shape index (κ2) is 7.31. The second-order valence-electron chi connectivity index (χ2n) is 5.89. The first-order valence-corrected chi connectivity index (χ1v) is 9.26. The Morgan fingerprint density at radius 2 is 2.08 bits per heavy atom. The van der Waals surface area contributed by atoms with Gasteiger partial charge in [-0.2, -0.15) is 4.31 Å². The van der Waals surface area contributed by atoms with E-state index in [1.54, 1.807) is 25.1 Å². The van der Waals surface area contributed by atoms with E-state index in [0.717, 1.165) is 0 Å². The molecule has 1 aromatic rings. The molecule has 1 fully saturated rings. The number of carboxylic acids is 1. The summed E-state index contributed by atoms with van der Waals surface area (Å²) in [6.45, 7) is 1.93. The number of benzene rings is 1. The summed E-state index contributed by atoms with van der Waals surface area (Å²) in [5, 5.41) is 9.23. The molecule has 0 unspecified atom stereocenters. The Bertz CT molecular complexity index is 730. The third-order valence-corrected chi connectivity index (χ3v) is 6.23. The fourth-order valence-corrected chi connectivity index (χ4v) is 4.86. The van der Waals surface area contributed by atoms with Gasteiger partial charge in [-0.1, -0.05) is 12.1 Å². The van der Waals surface area contributed by atoms with Crippen molar-refractivity contribution in [2.75, 3.05) is 13.7 Å². The minimum Gasteiger partial charge on any atom is -0.481 e. The van der Waals surface area contributed by atoms with E-state index in [0.29, 0.717) is 24.9 Å². The molecule has 7 nitrogen and oxygen atoms in total. The molecule has 0 amide bonds. The summed E-state index contributed by atoms with van der Waals surface area (Å²) in [4.78, 5) is 22.8. The quantitative estimate of drug-likeness (QED) is 0.803. The number of esters is 1. The lowest BCUT2D eigenvalue weighted by atomic mass is 9.92. The average Bonchev–Trinajstić information content (AvgIpc) is 2.53. The monoisotopic (exact) mass is 355 g/mol. The highest BCUT2D eigenvalue weighted by Gasteiger charge is 2.38. The fraction of sp³-hybridized carbons (Fsp3) is 0.500. The van der Waals surface area contributed by atoms with Crippen LogP contribution in [0.4, 0.5) is 0 Å². The first-order chi connectivity index (χ1) is 11.3. The molecule has 132 valence electrons. The Kier molecular flexibility index (Phi) is 5.61. The van der Waals surface area contributed by atoms with Gasteiger partial charge in [0.25, 0.3) is 0 Å². The van der Waals surface area contributed by atoms with Crippen LogP contribution < -0.4 is 0 Å². The van der Waals surface area contributed by atoms with E-state index in [4.69, 9.17) is 0 Å². The molecule has 0 spiro atoms. The molecule has 1 saturated heterocycles. The number of hydrogen-bond donors (Lipinski definition) is 1. The molecule has 0 radical (unpaired) electrons. The van der Waals surface area contributed by atoms with Crippen molar-refractivity contribution in [1.29, 1.82) is 0 Å². The Morgan fingerprint density at radius 3 is 2.71 bits per heavy atom. The molecule has 1 aliphatic rings. The highest BCUT2D eigenvalue weighted by atomic mass is 32.2. The van der Waals surface area contributed by atoms with Gasteiger partial charge in [0.1, 0.15) is 0 Å². The molecule has 1 aliphatic heterocycles. The van der Waals surface area contributed by atoms with Crippen LogP contribution in [0.3, 0.4) is 0 Å². The van der Waals surface area contributed by atoms with E-state index in [-0.39, 0.29) is 11.3 Å². The van der Waals surface area contributed by atoms with Gasteiger partial charge in [0.15, 0.2) is 0 Å². The predicted octanol–water partition coefficient (Wildman–Crippen LogP) is 1.49. The van der Waals surface area contributed by atoms with Gasteiger partial charge in [-0.3, -0.25) is 4.79 Å². The Hall–Kier alpha value is -1.93. The van der Waals surface area contributed by atoms with Crippen molar-refractivity contribution in [3.05, 3.63) is 35.4 Å². The summed E-state index contributed by atoms with van der Waals surface area (Å²) in [5.41, 5.74) is 0.739. The molecule has 8 heteroatoms. The third kappa shape index (κ3) is 3.93. The normalized spacial score (nSPS) is 22.1. The van der Waals surface area contributed by atoms with Gasteiger partial charge >= 0.3 is 11.9 Å². The summed E-state index contributed by atoms with van der Waals surface area (Å²) in [6, 6.07) is 5.65. The molecule has 0 aromatic heterocycles. The number of methoxy groups -OCH3 is 1. The maximum Gasteiger partial charge on any atom is 0.337 e. The summed E-state index contributed by atoms with van der Waals surface area (Å²) in [6.07, 6.45) is 0.989. The third-order valence-electron chi connectivity index (χ3n) is 4.30. The van der Waals surface area contributed by atoms with Gasteiger partial charge < -0.3 is 9.84 Å². The second-order valence-corrected chi connectivity index (χ2v) is 7.81. The van der Waals surface area contributed by atoms with Gasteiger partial charge in [0.2, 0.25) is 10.0 Å². The largest absolute Gasteiger partial charge is 0.481 e. The zero-order valence-corrected chi connectivity index (χ0v) is 14.5. The number of carbonyl (C=O) groups is 2. The van der Waals surface area contributed by atoms with Crippen LogP contribution in [0.2, 0.25) is 0 Å². The van der Waals surface area contributed by atoms with E-state index >= 15 is 0 Å². The molecular weight excluding hydrogens is 334 g/mol. The Morgan fingerprint density at radius 1 is 1.38 bits per heavy atom. The molecular formula is C16H21NO6S. The van der Waals surface area contributed by atoms with E-state index in [2.05, 4.69) is 4.74 Å². The van der Waals surface area contributed by atoms with Crippen LogP contribution in [0.1, 0.15) is 35.7 Å². The van der Waals surface area contributed by atoms with Crippen LogP contribution in [0.5, 0.6) is 0 Å².